The quantitative estimate of drug-likeness (QED) is 0.497. The number of benzene rings is 1. The van der Waals surface area contributed by atoms with E-state index in [1.807, 2.05) is 49.1 Å². The molecule has 1 saturated heterocycles. The summed E-state index contributed by atoms with van der Waals surface area (Å²) in [6, 6.07) is 14.2. The highest BCUT2D eigenvalue weighted by molar-refractivity contribution is 7.89. The Balaban J connectivity index is 1.46. The largest absolute Gasteiger partial charge is 0.494 e. The van der Waals surface area contributed by atoms with Crippen LogP contribution in [0.25, 0.3) is 11.4 Å². The zero-order valence-corrected chi connectivity index (χ0v) is 19.5. The van der Waals surface area contributed by atoms with Crippen molar-refractivity contribution in [1.82, 2.24) is 19.5 Å². The van der Waals surface area contributed by atoms with Gasteiger partial charge in [-0.25, -0.2) is 8.42 Å². The van der Waals surface area contributed by atoms with Crippen LogP contribution in [0, 0.1) is 0 Å². The molecule has 3 aromatic rings. The first-order valence-electron chi connectivity index (χ1n) is 10.9. The van der Waals surface area contributed by atoms with Gasteiger partial charge in [0.05, 0.1) is 18.9 Å². The summed E-state index contributed by atoms with van der Waals surface area (Å²) in [5, 5.41) is 8.60. The average molecular weight is 470 g/mol. The summed E-state index contributed by atoms with van der Waals surface area (Å²) in [6.07, 6.45) is 1.71. The number of aromatic nitrogens is 3. The fourth-order valence-corrected chi connectivity index (χ4v) is 5.20. The normalized spacial score (nSPS) is 14.8. The lowest BCUT2D eigenvalue weighted by Crippen LogP contribution is -2.49. The summed E-state index contributed by atoms with van der Waals surface area (Å²) in [7, 11) is -3.71. The highest BCUT2D eigenvalue weighted by Gasteiger charge is 2.31. The molecule has 2 aromatic heterocycles. The van der Waals surface area contributed by atoms with Gasteiger partial charge >= 0.3 is 0 Å². The number of ether oxygens (including phenoxy) is 2. The lowest BCUT2D eigenvalue weighted by molar-refractivity contribution is 0.314. The molecular formula is C23H27N5O4S. The third kappa shape index (κ3) is 5.07. The number of sulfonamides is 1. The second-order valence-corrected chi connectivity index (χ2v) is 9.26. The molecule has 1 fully saturated rings. The van der Waals surface area contributed by atoms with Gasteiger partial charge in [0.15, 0.2) is 5.82 Å². The number of hydrogen-bond donors (Lipinski definition) is 0. The van der Waals surface area contributed by atoms with E-state index in [1.165, 1.54) is 4.31 Å². The monoisotopic (exact) mass is 469 g/mol. The molecule has 0 saturated carbocycles. The van der Waals surface area contributed by atoms with Crippen molar-refractivity contribution in [2.24, 2.45) is 0 Å². The lowest BCUT2D eigenvalue weighted by atomic mass is 10.2. The molecule has 1 aliphatic heterocycles. The average Bonchev–Trinajstić information content (AvgIpc) is 2.85. The van der Waals surface area contributed by atoms with E-state index in [-0.39, 0.29) is 4.90 Å². The van der Waals surface area contributed by atoms with Crippen LogP contribution in [0.4, 0.5) is 5.82 Å². The highest BCUT2D eigenvalue weighted by Crippen LogP contribution is 2.32. The van der Waals surface area contributed by atoms with Crippen molar-refractivity contribution < 1.29 is 17.9 Å². The number of pyridine rings is 1. The van der Waals surface area contributed by atoms with Gasteiger partial charge in [-0.3, -0.25) is 4.98 Å². The maximum absolute atomic E-state index is 13.3. The molecule has 0 atom stereocenters. The fourth-order valence-electron chi connectivity index (χ4n) is 3.67. The zero-order valence-electron chi connectivity index (χ0n) is 18.7. The van der Waals surface area contributed by atoms with E-state index in [0.29, 0.717) is 62.4 Å². The maximum Gasteiger partial charge on any atom is 0.246 e. The molecule has 0 amide bonds. The van der Waals surface area contributed by atoms with Crippen LogP contribution < -0.4 is 14.4 Å². The predicted octanol–water partition coefficient (Wildman–Crippen LogP) is 2.85. The van der Waals surface area contributed by atoms with Gasteiger partial charge < -0.3 is 14.4 Å². The minimum absolute atomic E-state index is 0.153. The molecule has 33 heavy (non-hydrogen) atoms. The van der Waals surface area contributed by atoms with Crippen LogP contribution in [-0.2, 0) is 10.0 Å². The number of hydrogen-bond acceptors (Lipinski definition) is 8. The highest BCUT2D eigenvalue weighted by atomic mass is 32.2. The second kappa shape index (κ2) is 10.1. The number of rotatable bonds is 8. The first-order chi connectivity index (χ1) is 16.0. The smallest absolute Gasteiger partial charge is 0.246 e. The van der Waals surface area contributed by atoms with E-state index in [4.69, 9.17) is 9.47 Å². The van der Waals surface area contributed by atoms with Crippen LogP contribution in [0.1, 0.15) is 13.8 Å². The molecule has 174 valence electrons. The Morgan fingerprint density at radius 3 is 2.30 bits per heavy atom. The Kier molecular flexibility index (Phi) is 7.05. The fraction of sp³-hybridized carbons (Fsp3) is 0.348. The minimum atomic E-state index is -3.71. The van der Waals surface area contributed by atoms with Crippen LogP contribution in [0.5, 0.6) is 11.5 Å². The number of piperazine rings is 1. The molecule has 0 bridgehead atoms. The van der Waals surface area contributed by atoms with Gasteiger partial charge in [0.2, 0.25) is 10.0 Å². The SMILES string of the molecule is CCOc1ccc(S(=O)(=O)N2CCN(c3ccc(-c4ccccn4)nn3)CC2)c(OCC)c1. The van der Waals surface area contributed by atoms with E-state index in [2.05, 4.69) is 15.2 Å². The van der Waals surface area contributed by atoms with Gasteiger partial charge in [-0.05, 0) is 50.2 Å². The first kappa shape index (κ1) is 22.9. The van der Waals surface area contributed by atoms with E-state index in [1.54, 1.807) is 24.4 Å². The summed E-state index contributed by atoms with van der Waals surface area (Å²) in [4.78, 5) is 6.47. The molecule has 1 aromatic carbocycles. The molecule has 3 heterocycles. The van der Waals surface area contributed by atoms with E-state index in [0.717, 1.165) is 5.69 Å². The van der Waals surface area contributed by atoms with Gasteiger partial charge in [0, 0.05) is 38.4 Å². The topological polar surface area (TPSA) is 97.8 Å². The second-order valence-electron chi connectivity index (χ2n) is 7.36. The van der Waals surface area contributed by atoms with Gasteiger partial charge in [-0.1, -0.05) is 6.07 Å². The van der Waals surface area contributed by atoms with Crippen molar-refractivity contribution in [2.45, 2.75) is 18.7 Å². The van der Waals surface area contributed by atoms with Gasteiger partial charge in [0.25, 0.3) is 0 Å². The molecular weight excluding hydrogens is 442 g/mol. The molecule has 0 spiro atoms. The maximum atomic E-state index is 13.3. The summed E-state index contributed by atoms with van der Waals surface area (Å²) in [6.45, 7) is 6.25. The van der Waals surface area contributed by atoms with E-state index >= 15 is 0 Å². The van der Waals surface area contributed by atoms with E-state index < -0.39 is 10.0 Å². The van der Waals surface area contributed by atoms with Crippen molar-refractivity contribution in [3.8, 4) is 22.9 Å². The van der Waals surface area contributed by atoms with Crippen molar-refractivity contribution in [3.63, 3.8) is 0 Å². The van der Waals surface area contributed by atoms with Gasteiger partial charge in [-0.15, -0.1) is 10.2 Å². The Labute approximate surface area is 194 Å². The Bertz CT molecular complexity index is 1170. The van der Waals surface area contributed by atoms with Crippen molar-refractivity contribution in [3.05, 3.63) is 54.7 Å². The van der Waals surface area contributed by atoms with Crippen molar-refractivity contribution in [1.29, 1.82) is 0 Å². The zero-order chi connectivity index (χ0) is 23.3. The third-order valence-corrected chi connectivity index (χ3v) is 7.22. The predicted molar refractivity (Wildman–Crippen MR) is 125 cm³/mol. The molecule has 10 heteroatoms. The number of nitrogens with zero attached hydrogens (tertiary/aromatic N) is 5. The molecule has 9 nitrogen and oxygen atoms in total. The summed E-state index contributed by atoms with van der Waals surface area (Å²) in [5.74, 6) is 1.60. The molecule has 0 unspecified atom stereocenters. The molecule has 4 rings (SSSR count). The molecule has 0 radical (unpaired) electrons. The lowest BCUT2D eigenvalue weighted by Gasteiger charge is -2.34. The third-order valence-electron chi connectivity index (χ3n) is 5.28. The van der Waals surface area contributed by atoms with Crippen LogP contribution >= 0.6 is 0 Å². The van der Waals surface area contributed by atoms with Gasteiger partial charge in [-0.2, -0.15) is 4.31 Å². The Morgan fingerprint density at radius 2 is 1.67 bits per heavy atom. The van der Waals surface area contributed by atoms with Crippen LogP contribution in [0.15, 0.2) is 59.6 Å². The molecule has 0 aliphatic carbocycles. The van der Waals surface area contributed by atoms with E-state index in [9.17, 15) is 8.42 Å². The molecule has 0 N–H and O–H groups in total. The van der Waals surface area contributed by atoms with Crippen molar-refractivity contribution in [2.75, 3.05) is 44.3 Å². The van der Waals surface area contributed by atoms with Crippen LogP contribution in [-0.4, -0.2) is 67.3 Å². The summed E-state index contributed by atoms with van der Waals surface area (Å²) in [5.41, 5.74) is 1.45. The van der Waals surface area contributed by atoms with Gasteiger partial charge in [0.1, 0.15) is 22.1 Å². The summed E-state index contributed by atoms with van der Waals surface area (Å²) >= 11 is 0. The Morgan fingerprint density at radius 1 is 0.879 bits per heavy atom. The summed E-state index contributed by atoms with van der Waals surface area (Å²) < 4.78 is 39.3. The number of anilines is 1. The van der Waals surface area contributed by atoms with Crippen molar-refractivity contribution >= 4 is 15.8 Å². The molecule has 1 aliphatic rings. The van der Waals surface area contributed by atoms with Crippen LogP contribution in [0.2, 0.25) is 0 Å². The minimum Gasteiger partial charge on any atom is -0.494 e. The first-order valence-corrected chi connectivity index (χ1v) is 12.4. The standard InChI is InChI=1S/C23H27N5O4S/c1-3-31-18-8-10-22(21(17-18)32-4-2)33(29,30)28-15-13-27(14-16-28)23-11-9-20(25-26-23)19-7-5-6-12-24-19/h5-12,17H,3-4,13-16H2,1-2H3. The Hall–Kier alpha value is -3.24. The van der Waals surface area contributed by atoms with Crippen LogP contribution in [0.3, 0.4) is 0 Å².